The van der Waals surface area contributed by atoms with Crippen LogP contribution in [-0.2, 0) is 0 Å². The van der Waals surface area contributed by atoms with Gasteiger partial charge in [0.15, 0.2) is 0 Å². The van der Waals surface area contributed by atoms with Gasteiger partial charge in [0.05, 0.1) is 0 Å². The molecule has 0 aliphatic carbocycles. The predicted molar refractivity (Wildman–Crippen MR) is 63.1 cm³/mol. The summed E-state index contributed by atoms with van der Waals surface area (Å²) in [5, 5.41) is 3.28. The summed E-state index contributed by atoms with van der Waals surface area (Å²) in [5.41, 5.74) is 9.43. The van der Waals surface area contributed by atoms with E-state index in [1.54, 1.807) is 6.20 Å². The van der Waals surface area contributed by atoms with Crippen molar-refractivity contribution >= 4 is 17.1 Å². The van der Waals surface area contributed by atoms with Gasteiger partial charge in [0.25, 0.3) is 0 Å². The van der Waals surface area contributed by atoms with Crippen LogP contribution in [0.3, 0.4) is 0 Å². The van der Waals surface area contributed by atoms with E-state index in [0.717, 1.165) is 22.8 Å². The number of aromatic nitrogens is 1. The molecule has 0 radical (unpaired) electrons. The van der Waals surface area contributed by atoms with E-state index in [1.807, 2.05) is 43.3 Å². The van der Waals surface area contributed by atoms with Gasteiger partial charge in [-0.2, -0.15) is 0 Å². The first kappa shape index (κ1) is 9.52. The molecule has 3 nitrogen and oxygen atoms in total. The summed E-state index contributed by atoms with van der Waals surface area (Å²) < 4.78 is 0. The summed E-state index contributed by atoms with van der Waals surface area (Å²) in [7, 11) is 0. The third-order valence-electron chi connectivity index (χ3n) is 2.10. The van der Waals surface area contributed by atoms with Gasteiger partial charge in [0, 0.05) is 29.0 Å². The van der Waals surface area contributed by atoms with Crippen LogP contribution in [0.2, 0.25) is 0 Å². The van der Waals surface area contributed by atoms with E-state index in [1.165, 1.54) is 0 Å². The number of nitrogens with two attached hydrogens (primary N) is 1. The summed E-state index contributed by atoms with van der Waals surface area (Å²) in [6, 6.07) is 11.6. The van der Waals surface area contributed by atoms with Crippen LogP contribution in [0.4, 0.5) is 17.1 Å². The first-order valence-electron chi connectivity index (χ1n) is 4.79. The number of rotatable bonds is 2. The summed E-state index contributed by atoms with van der Waals surface area (Å²) in [6.07, 6.45) is 1.79. The predicted octanol–water partition coefficient (Wildman–Crippen LogP) is 2.72. The molecular weight excluding hydrogens is 186 g/mol. The number of hydrogen-bond donors (Lipinski definition) is 2. The fraction of sp³-hybridized carbons (Fsp3) is 0.0833. The zero-order valence-electron chi connectivity index (χ0n) is 8.57. The lowest BCUT2D eigenvalue weighted by molar-refractivity contribution is 1.20. The first-order valence-corrected chi connectivity index (χ1v) is 4.79. The molecule has 2 rings (SSSR count). The minimum atomic E-state index is 0.770. The summed E-state index contributed by atoms with van der Waals surface area (Å²) in [4.78, 5) is 4.14. The maximum absolute atomic E-state index is 5.61. The molecule has 0 amide bonds. The van der Waals surface area contributed by atoms with E-state index < -0.39 is 0 Å². The first-order chi connectivity index (χ1) is 7.24. The highest BCUT2D eigenvalue weighted by atomic mass is 14.9. The molecule has 0 bridgehead atoms. The van der Waals surface area contributed by atoms with E-state index >= 15 is 0 Å². The molecule has 0 saturated heterocycles. The Bertz CT molecular complexity index is 449. The van der Waals surface area contributed by atoms with Crippen molar-refractivity contribution in [1.82, 2.24) is 4.98 Å². The average molecular weight is 199 g/mol. The molecule has 0 unspecified atom stereocenters. The number of anilines is 3. The average Bonchev–Trinajstić information content (AvgIpc) is 2.22. The Morgan fingerprint density at radius 1 is 1.07 bits per heavy atom. The fourth-order valence-electron chi connectivity index (χ4n) is 1.36. The minimum absolute atomic E-state index is 0.770. The highest BCUT2D eigenvalue weighted by molar-refractivity contribution is 5.61. The van der Waals surface area contributed by atoms with Gasteiger partial charge in [-0.1, -0.05) is 0 Å². The van der Waals surface area contributed by atoms with Crippen LogP contribution >= 0.6 is 0 Å². The number of pyridine rings is 1. The van der Waals surface area contributed by atoms with Crippen LogP contribution in [0.1, 0.15) is 5.69 Å². The molecular formula is C12H13N3. The van der Waals surface area contributed by atoms with Crippen molar-refractivity contribution < 1.29 is 0 Å². The van der Waals surface area contributed by atoms with Crippen LogP contribution in [0, 0.1) is 6.92 Å². The molecule has 0 aliphatic heterocycles. The molecule has 0 fully saturated rings. The second-order valence-corrected chi connectivity index (χ2v) is 3.43. The third kappa shape index (κ3) is 2.47. The van der Waals surface area contributed by atoms with Crippen molar-refractivity contribution in [3.8, 4) is 0 Å². The SMILES string of the molecule is Cc1cc(Nc2ccc(N)cc2)ccn1. The van der Waals surface area contributed by atoms with Crippen molar-refractivity contribution in [3.05, 3.63) is 48.3 Å². The molecule has 0 saturated carbocycles. The van der Waals surface area contributed by atoms with Gasteiger partial charge in [0.2, 0.25) is 0 Å². The quantitative estimate of drug-likeness (QED) is 0.731. The normalized spacial score (nSPS) is 9.93. The second kappa shape index (κ2) is 4.00. The topological polar surface area (TPSA) is 50.9 Å². The summed E-state index contributed by atoms with van der Waals surface area (Å²) >= 11 is 0. The van der Waals surface area contributed by atoms with Crippen LogP contribution in [0.15, 0.2) is 42.6 Å². The van der Waals surface area contributed by atoms with E-state index in [2.05, 4.69) is 10.3 Å². The Morgan fingerprint density at radius 3 is 2.47 bits per heavy atom. The molecule has 2 aromatic rings. The number of hydrogen-bond acceptors (Lipinski definition) is 3. The molecule has 76 valence electrons. The third-order valence-corrected chi connectivity index (χ3v) is 2.10. The Morgan fingerprint density at radius 2 is 1.80 bits per heavy atom. The number of nitrogens with one attached hydrogen (secondary N) is 1. The van der Waals surface area contributed by atoms with Crippen molar-refractivity contribution in [2.24, 2.45) is 0 Å². The monoisotopic (exact) mass is 199 g/mol. The Hall–Kier alpha value is -2.03. The van der Waals surface area contributed by atoms with Crippen LogP contribution in [-0.4, -0.2) is 4.98 Å². The number of nitrogen functional groups attached to an aromatic ring is 1. The van der Waals surface area contributed by atoms with Crippen molar-refractivity contribution in [3.63, 3.8) is 0 Å². The van der Waals surface area contributed by atoms with Crippen LogP contribution in [0.25, 0.3) is 0 Å². The van der Waals surface area contributed by atoms with Gasteiger partial charge in [0.1, 0.15) is 0 Å². The number of nitrogens with zero attached hydrogens (tertiary/aromatic N) is 1. The highest BCUT2D eigenvalue weighted by Gasteiger charge is 1.94. The Balaban J connectivity index is 2.18. The van der Waals surface area contributed by atoms with Gasteiger partial charge in [-0.05, 0) is 43.3 Å². The zero-order valence-corrected chi connectivity index (χ0v) is 8.57. The highest BCUT2D eigenvalue weighted by Crippen LogP contribution is 2.17. The maximum Gasteiger partial charge on any atom is 0.0417 e. The zero-order chi connectivity index (χ0) is 10.7. The van der Waals surface area contributed by atoms with E-state index in [9.17, 15) is 0 Å². The number of aryl methyl sites for hydroxylation is 1. The standard InChI is InChI=1S/C12H13N3/c1-9-8-12(6-7-14-9)15-11-4-2-10(13)3-5-11/h2-8H,13H2,1H3,(H,14,15). The molecule has 3 heteroatoms. The van der Waals surface area contributed by atoms with Crippen LogP contribution in [0.5, 0.6) is 0 Å². The summed E-state index contributed by atoms with van der Waals surface area (Å²) in [6.45, 7) is 1.97. The van der Waals surface area contributed by atoms with E-state index in [-0.39, 0.29) is 0 Å². The lowest BCUT2D eigenvalue weighted by Crippen LogP contribution is -1.92. The maximum atomic E-state index is 5.61. The minimum Gasteiger partial charge on any atom is -0.399 e. The van der Waals surface area contributed by atoms with E-state index in [0.29, 0.717) is 0 Å². The van der Waals surface area contributed by atoms with Crippen molar-refractivity contribution in [1.29, 1.82) is 0 Å². The molecule has 1 heterocycles. The van der Waals surface area contributed by atoms with Gasteiger partial charge in [-0.3, -0.25) is 4.98 Å². The molecule has 0 atom stereocenters. The van der Waals surface area contributed by atoms with Crippen LogP contribution < -0.4 is 11.1 Å². The molecule has 1 aromatic carbocycles. The summed E-state index contributed by atoms with van der Waals surface area (Å²) in [5.74, 6) is 0. The van der Waals surface area contributed by atoms with Crippen molar-refractivity contribution in [2.45, 2.75) is 6.92 Å². The van der Waals surface area contributed by atoms with E-state index in [4.69, 9.17) is 5.73 Å². The van der Waals surface area contributed by atoms with Gasteiger partial charge in [-0.25, -0.2) is 0 Å². The van der Waals surface area contributed by atoms with Gasteiger partial charge < -0.3 is 11.1 Å². The molecule has 15 heavy (non-hydrogen) atoms. The Labute approximate surface area is 89.0 Å². The number of benzene rings is 1. The van der Waals surface area contributed by atoms with Gasteiger partial charge >= 0.3 is 0 Å². The fourth-order valence-corrected chi connectivity index (χ4v) is 1.36. The molecule has 3 N–H and O–H groups in total. The Kier molecular flexibility index (Phi) is 2.54. The van der Waals surface area contributed by atoms with Gasteiger partial charge in [-0.15, -0.1) is 0 Å². The second-order valence-electron chi connectivity index (χ2n) is 3.43. The molecule has 0 aliphatic rings. The molecule has 1 aromatic heterocycles. The lowest BCUT2D eigenvalue weighted by atomic mass is 10.2. The lowest BCUT2D eigenvalue weighted by Gasteiger charge is -2.06. The molecule has 0 spiro atoms. The smallest absolute Gasteiger partial charge is 0.0417 e. The van der Waals surface area contributed by atoms with Crippen molar-refractivity contribution in [2.75, 3.05) is 11.1 Å². The largest absolute Gasteiger partial charge is 0.399 e.